The number of nitrogens with zero attached hydrogens (tertiary/aromatic N) is 1. The quantitative estimate of drug-likeness (QED) is 0.648. The van der Waals surface area contributed by atoms with E-state index in [2.05, 4.69) is 19.1 Å². The fraction of sp³-hybridized carbons (Fsp3) is 0.250. The Hall–Kier alpha value is -2.20. The van der Waals surface area contributed by atoms with Crippen molar-refractivity contribution in [3.63, 3.8) is 0 Å². The van der Waals surface area contributed by atoms with Gasteiger partial charge in [0.15, 0.2) is 0 Å². The minimum atomic E-state index is 0.0402. The van der Waals surface area contributed by atoms with Crippen molar-refractivity contribution in [2.75, 3.05) is 13.4 Å². The third-order valence-corrected chi connectivity index (χ3v) is 5.05. The molecule has 0 unspecified atom stereocenters. The predicted octanol–water partition coefficient (Wildman–Crippen LogP) is 4.34. The maximum Gasteiger partial charge on any atom is 0.251 e. The maximum atomic E-state index is 12.6. The molecule has 0 amide bonds. The molecule has 0 aliphatic carbocycles. The first-order valence-electron chi connectivity index (χ1n) is 8.00. The van der Waals surface area contributed by atoms with Gasteiger partial charge in [-0.25, -0.2) is 0 Å². The van der Waals surface area contributed by atoms with Gasteiger partial charge in [0, 0.05) is 16.3 Å². The van der Waals surface area contributed by atoms with Crippen LogP contribution in [-0.4, -0.2) is 17.9 Å². The zero-order valence-corrected chi connectivity index (χ0v) is 15.0. The Labute approximate surface area is 146 Å². The van der Waals surface area contributed by atoms with Gasteiger partial charge in [-0.3, -0.25) is 4.79 Å². The van der Waals surface area contributed by atoms with Gasteiger partial charge in [-0.2, -0.15) is 0 Å². The molecule has 124 valence electrons. The zero-order valence-electron chi connectivity index (χ0n) is 14.2. The molecule has 1 heterocycles. The summed E-state index contributed by atoms with van der Waals surface area (Å²) in [5.41, 5.74) is 3.18. The van der Waals surface area contributed by atoms with Crippen LogP contribution in [0, 0.1) is 0 Å². The Morgan fingerprint density at radius 2 is 1.92 bits per heavy atom. The third-order valence-electron chi connectivity index (χ3n) is 4.27. The highest BCUT2D eigenvalue weighted by Gasteiger charge is 2.09. The van der Waals surface area contributed by atoms with Crippen LogP contribution in [0.1, 0.15) is 18.1 Å². The van der Waals surface area contributed by atoms with E-state index in [-0.39, 0.29) is 5.56 Å². The highest BCUT2D eigenvalue weighted by atomic mass is 32.2. The van der Waals surface area contributed by atoms with Crippen molar-refractivity contribution in [3.8, 4) is 5.75 Å². The summed E-state index contributed by atoms with van der Waals surface area (Å²) in [6.45, 7) is 2.62. The zero-order chi connectivity index (χ0) is 17.1. The van der Waals surface area contributed by atoms with Crippen LogP contribution in [0.5, 0.6) is 5.75 Å². The standard InChI is InChI=1S/C20H21NO2S/c1-4-15-12-20(22)21(17-8-6-5-7-16(15)17)13-14-9-10-19(24-3)18(11-14)23-2/h5-12H,4,13H2,1-3H3. The first kappa shape index (κ1) is 16.7. The van der Waals surface area contributed by atoms with E-state index < -0.39 is 0 Å². The second-order valence-electron chi connectivity index (χ2n) is 5.65. The molecule has 2 aromatic carbocycles. The molecular weight excluding hydrogens is 318 g/mol. The van der Waals surface area contributed by atoms with E-state index in [1.807, 2.05) is 41.2 Å². The van der Waals surface area contributed by atoms with Crippen LogP contribution in [0.15, 0.2) is 58.2 Å². The van der Waals surface area contributed by atoms with Gasteiger partial charge in [-0.15, -0.1) is 11.8 Å². The van der Waals surface area contributed by atoms with Crippen molar-refractivity contribution in [2.24, 2.45) is 0 Å². The number of methoxy groups -OCH3 is 1. The molecule has 0 aliphatic heterocycles. The van der Waals surface area contributed by atoms with Crippen molar-refractivity contribution in [2.45, 2.75) is 24.8 Å². The molecule has 3 rings (SSSR count). The molecule has 4 heteroatoms. The molecule has 0 atom stereocenters. The van der Waals surface area contributed by atoms with Crippen molar-refractivity contribution >= 4 is 22.7 Å². The van der Waals surface area contributed by atoms with Crippen LogP contribution in [0.3, 0.4) is 0 Å². The Bertz CT molecular complexity index is 931. The average molecular weight is 339 g/mol. The summed E-state index contributed by atoms with van der Waals surface area (Å²) in [6, 6.07) is 16.0. The Morgan fingerprint density at radius 3 is 2.62 bits per heavy atom. The van der Waals surface area contributed by atoms with Gasteiger partial charge in [0.05, 0.1) is 19.2 Å². The van der Waals surface area contributed by atoms with E-state index in [0.717, 1.165) is 39.1 Å². The summed E-state index contributed by atoms with van der Waals surface area (Å²) in [6.07, 6.45) is 2.88. The first-order valence-corrected chi connectivity index (χ1v) is 9.22. The van der Waals surface area contributed by atoms with Crippen LogP contribution < -0.4 is 10.3 Å². The normalized spacial score (nSPS) is 11.0. The highest BCUT2D eigenvalue weighted by Crippen LogP contribution is 2.29. The number of pyridine rings is 1. The molecule has 24 heavy (non-hydrogen) atoms. The Morgan fingerprint density at radius 1 is 1.12 bits per heavy atom. The highest BCUT2D eigenvalue weighted by molar-refractivity contribution is 7.98. The van der Waals surface area contributed by atoms with Crippen LogP contribution in [0.4, 0.5) is 0 Å². The summed E-state index contributed by atoms with van der Waals surface area (Å²) in [7, 11) is 1.68. The monoisotopic (exact) mass is 339 g/mol. The number of rotatable bonds is 5. The van der Waals surface area contributed by atoms with Crippen LogP contribution in [0.25, 0.3) is 10.9 Å². The van der Waals surface area contributed by atoms with E-state index in [9.17, 15) is 4.79 Å². The van der Waals surface area contributed by atoms with Crippen LogP contribution in [0.2, 0.25) is 0 Å². The fourth-order valence-electron chi connectivity index (χ4n) is 3.02. The van der Waals surface area contributed by atoms with Crippen molar-refractivity contribution < 1.29 is 4.74 Å². The van der Waals surface area contributed by atoms with E-state index in [1.54, 1.807) is 24.9 Å². The lowest BCUT2D eigenvalue weighted by molar-refractivity contribution is 0.404. The second kappa shape index (κ2) is 7.14. The molecule has 3 aromatic rings. The minimum Gasteiger partial charge on any atom is -0.496 e. The first-order chi connectivity index (χ1) is 11.7. The fourth-order valence-corrected chi connectivity index (χ4v) is 3.57. The van der Waals surface area contributed by atoms with Gasteiger partial charge in [0.25, 0.3) is 5.56 Å². The number of aryl methyl sites for hydroxylation is 1. The molecule has 0 saturated carbocycles. The topological polar surface area (TPSA) is 31.2 Å². The number of fused-ring (bicyclic) bond motifs is 1. The number of para-hydroxylation sites is 1. The van der Waals surface area contributed by atoms with E-state index in [0.29, 0.717) is 6.54 Å². The molecule has 0 fully saturated rings. The number of thioether (sulfide) groups is 1. The maximum absolute atomic E-state index is 12.6. The number of ether oxygens (including phenoxy) is 1. The lowest BCUT2D eigenvalue weighted by atomic mass is 10.1. The van der Waals surface area contributed by atoms with Gasteiger partial charge in [0.2, 0.25) is 0 Å². The predicted molar refractivity (Wildman–Crippen MR) is 101 cm³/mol. The lowest BCUT2D eigenvalue weighted by Gasteiger charge is -2.14. The van der Waals surface area contributed by atoms with E-state index in [4.69, 9.17) is 4.74 Å². The minimum absolute atomic E-state index is 0.0402. The van der Waals surface area contributed by atoms with Crippen molar-refractivity contribution in [1.82, 2.24) is 4.57 Å². The summed E-state index contributed by atoms with van der Waals surface area (Å²) in [5.74, 6) is 0.850. The average Bonchev–Trinajstić information content (AvgIpc) is 2.63. The smallest absolute Gasteiger partial charge is 0.251 e. The van der Waals surface area contributed by atoms with Gasteiger partial charge < -0.3 is 9.30 Å². The number of hydrogen-bond donors (Lipinski definition) is 0. The van der Waals surface area contributed by atoms with Crippen molar-refractivity contribution in [3.05, 3.63) is 70.0 Å². The second-order valence-corrected chi connectivity index (χ2v) is 6.50. The Kier molecular flexibility index (Phi) is 4.95. The number of hydrogen-bond acceptors (Lipinski definition) is 3. The van der Waals surface area contributed by atoms with Gasteiger partial charge in [-0.1, -0.05) is 31.2 Å². The van der Waals surface area contributed by atoms with E-state index >= 15 is 0 Å². The molecule has 0 radical (unpaired) electrons. The van der Waals surface area contributed by atoms with Gasteiger partial charge >= 0.3 is 0 Å². The molecule has 1 aromatic heterocycles. The Balaban J connectivity index is 2.11. The number of benzene rings is 2. The molecule has 0 N–H and O–H groups in total. The van der Waals surface area contributed by atoms with Crippen LogP contribution in [-0.2, 0) is 13.0 Å². The third kappa shape index (κ3) is 3.06. The molecular formula is C20H21NO2S. The lowest BCUT2D eigenvalue weighted by Crippen LogP contribution is -2.21. The molecule has 0 spiro atoms. The van der Waals surface area contributed by atoms with E-state index in [1.165, 1.54) is 0 Å². The molecule has 3 nitrogen and oxygen atoms in total. The van der Waals surface area contributed by atoms with Gasteiger partial charge in [-0.05, 0) is 42.0 Å². The molecule has 0 saturated heterocycles. The number of aromatic nitrogens is 1. The van der Waals surface area contributed by atoms with Crippen molar-refractivity contribution in [1.29, 1.82) is 0 Å². The van der Waals surface area contributed by atoms with Gasteiger partial charge in [0.1, 0.15) is 5.75 Å². The van der Waals surface area contributed by atoms with Crippen LogP contribution >= 0.6 is 11.8 Å². The molecule has 0 bridgehead atoms. The summed E-state index contributed by atoms with van der Waals surface area (Å²) in [4.78, 5) is 13.7. The summed E-state index contributed by atoms with van der Waals surface area (Å²) < 4.78 is 7.30. The molecule has 0 aliphatic rings. The largest absolute Gasteiger partial charge is 0.496 e. The summed E-state index contributed by atoms with van der Waals surface area (Å²) in [5, 5.41) is 1.15. The summed E-state index contributed by atoms with van der Waals surface area (Å²) >= 11 is 1.65. The SMILES string of the molecule is CCc1cc(=O)n(Cc2ccc(SC)c(OC)c2)c2ccccc12.